The highest BCUT2D eigenvalue weighted by Gasteiger charge is 2.24. The maximum atomic E-state index is 11.3. The molecule has 0 bridgehead atoms. The standard InChI is InChI=1S/C10H13NO4S/c1-2-7(10(12)13)8-5-3-4-6-9(8)16(11,14)15/h3-7H,2H2,1H3,(H,12,13)(H2,11,14,15). The zero-order chi connectivity index (χ0) is 12.3. The monoisotopic (exact) mass is 243 g/mol. The van der Waals surface area contributed by atoms with Gasteiger partial charge in [-0.05, 0) is 18.1 Å². The molecule has 1 aromatic rings. The molecule has 0 saturated carbocycles. The quantitative estimate of drug-likeness (QED) is 0.821. The summed E-state index contributed by atoms with van der Waals surface area (Å²) in [5.41, 5.74) is 0.236. The van der Waals surface area contributed by atoms with Crippen LogP contribution in [0.15, 0.2) is 29.2 Å². The maximum absolute atomic E-state index is 11.3. The van der Waals surface area contributed by atoms with E-state index in [0.717, 1.165) is 0 Å². The van der Waals surface area contributed by atoms with Crippen molar-refractivity contribution in [2.24, 2.45) is 5.14 Å². The minimum atomic E-state index is -3.89. The summed E-state index contributed by atoms with van der Waals surface area (Å²) in [6.45, 7) is 1.68. The maximum Gasteiger partial charge on any atom is 0.311 e. The molecule has 88 valence electrons. The zero-order valence-corrected chi connectivity index (χ0v) is 9.57. The first kappa shape index (κ1) is 12.7. The Morgan fingerprint density at radius 2 is 2.00 bits per heavy atom. The van der Waals surface area contributed by atoms with Crippen LogP contribution in [-0.2, 0) is 14.8 Å². The highest BCUT2D eigenvalue weighted by atomic mass is 32.2. The summed E-state index contributed by atoms with van der Waals surface area (Å²) in [4.78, 5) is 10.9. The van der Waals surface area contributed by atoms with Gasteiger partial charge in [-0.25, -0.2) is 13.6 Å². The number of hydrogen-bond acceptors (Lipinski definition) is 3. The third-order valence-electron chi connectivity index (χ3n) is 2.31. The van der Waals surface area contributed by atoms with E-state index in [-0.39, 0.29) is 10.5 Å². The number of aliphatic carboxylic acids is 1. The average molecular weight is 243 g/mol. The van der Waals surface area contributed by atoms with Crippen molar-refractivity contribution in [1.82, 2.24) is 0 Å². The summed E-state index contributed by atoms with van der Waals surface area (Å²) >= 11 is 0. The van der Waals surface area contributed by atoms with Crippen molar-refractivity contribution in [3.63, 3.8) is 0 Å². The molecule has 0 aliphatic heterocycles. The van der Waals surface area contributed by atoms with E-state index >= 15 is 0 Å². The highest BCUT2D eigenvalue weighted by Crippen LogP contribution is 2.25. The number of nitrogens with two attached hydrogens (primary N) is 1. The van der Waals surface area contributed by atoms with E-state index in [1.54, 1.807) is 13.0 Å². The van der Waals surface area contributed by atoms with E-state index in [0.29, 0.717) is 6.42 Å². The summed E-state index contributed by atoms with van der Waals surface area (Å²) in [6, 6.07) is 5.89. The number of carboxylic acids is 1. The average Bonchev–Trinajstić information content (AvgIpc) is 2.17. The van der Waals surface area contributed by atoms with Gasteiger partial charge in [0.25, 0.3) is 0 Å². The summed E-state index contributed by atoms with van der Waals surface area (Å²) in [7, 11) is -3.89. The Bertz CT molecular complexity index is 495. The van der Waals surface area contributed by atoms with E-state index in [1.165, 1.54) is 18.2 Å². The van der Waals surface area contributed by atoms with Crippen LogP contribution in [0.5, 0.6) is 0 Å². The van der Waals surface area contributed by atoms with Crippen LogP contribution >= 0.6 is 0 Å². The molecule has 0 saturated heterocycles. The smallest absolute Gasteiger partial charge is 0.311 e. The number of sulfonamides is 1. The number of carbonyl (C=O) groups is 1. The van der Waals surface area contributed by atoms with Crippen molar-refractivity contribution in [2.45, 2.75) is 24.2 Å². The Labute approximate surface area is 93.9 Å². The fourth-order valence-corrected chi connectivity index (χ4v) is 2.36. The van der Waals surface area contributed by atoms with Crippen LogP contribution in [0.3, 0.4) is 0 Å². The Balaban J connectivity index is 3.39. The van der Waals surface area contributed by atoms with E-state index in [1.807, 2.05) is 0 Å². The van der Waals surface area contributed by atoms with E-state index in [9.17, 15) is 13.2 Å². The van der Waals surface area contributed by atoms with Crippen LogP contribution in [0, 0.1) is 0 Å². The topological polar surface area (TPSA) is 97.5 Å². The first-order valence-electron chi connectivity index (χ1n) is 4.72. The fourth-order valence-electron chi connectivity index (χ4n) is 1.56. The molecule has 0 spiro atoms. The van der Waals surface area contributed by atoms with Crippen molar-refractivity contribution in [1.29, 1.82) is 0 Å². The van der Waals surface area contributed by atoms with Crippen molar-refractivity contribution >= 4 is 16.0 Å². The SMILES string of the molecule is CCC(C(=O)O)c1ccccc1S(N)(=O)=O. The predicted molar refractivity (Wildman–Crippen MR) is 58.5 cm³/mol. The second-order valence-corrected chi connectivity index (χ2v) is 4.91. The molecule has 1 atom stereocenters. The molecule has 1 unspecified atom stereocenters. The molecule has 5 nitrogen and oxygen atoms in total. The molecule has 1 rings (SSSR count). The zero-order valence-electron chi connectivity index (χ0n) is 8.75. The lowest BCUT2D eigenvalue weighted by Crippen LogP contribution is -2.19. The van der Waals surface area contributed by atoms with Gasteiger partial charge < -0.3 is 5.11 Å². The van der Waals surface area contributed by atoms with Crippen molar-refractivity contribution < 1.29 is 18.3 Å². The minimum absolute atomic E-state index is 0.121. The number of carboxylic acid groups (broad SMARTS) is 1. The van der Waals surface area contributed by atoms with Crippen molar-refractivity contribution in [2.75, 3.05) is 0 Å². The molecular formula is C10H13NO4S. The van der Waals surface area contributed by atoms with Gasteiger partial charge in [-0.2, -0.15) is 0 Å². The molecule has 6 heteroatoms. The lowest BCUT2D eigenvalue weighted by molar-refractivity contribution is -0.138. The molecular weight excluding hydrogens is 230 g/mol. The van der Waals surface area contributed by atoms with E-state index < -0.39 is 21.9 Å². The van der Waals surface area contributed by atoms with Gasteiger partial charge in [0, 0.05) is 0 Å². The van der Waals surface area contributed by atoms with Crippen LogP contribution in [0.2, 0.25) is 0 Å². The Morgan fingerprint density at radius 3 is 2.44 bits per heavy atom. The third-order valence-corrected chi connectivity index (χ3v) is 3.29. The van der Waals surface area contributed by atoms with Gasteiger partial charge in [-0.3, -0.25) is 4.79 Å². The number of hydrogen-bond donors (Lipinski definition) is 2. The Hall–Kier alpha value is -1.40. The molecule has 0 fully saturated rings. The lowest BCUT2D eigenvalue weighted by atomic mass is 9.97. The van der Waals surface area contributed by atoms with Crippen molar-refractivity contribution in [3.05, 3.63) is 29.8 Å². The van der Waals surface area contributed by atoms with Gasteiger partial charge >= 0.3 is 5.97 Å². The molecule has 0 amide bonds. The molecule has 16 heavy (non-hydrogen) atoms. The van der Waals surface area contributed by atoms with Crippen LogP contribution in [0.4, 0.5) is 0 Å². The van der Waals surface area contributed by atoms with Gasteiger partial charge in [0.15, 0.2) is 0 Å². The first-order chi connectivity index (χ1) is 7.38. The predicted octanol–water partition coefficient (Wildman–Crippen LogP) is 0.912. The van der Waals surface area contributed by atoms with Gasteiger partial charge in [-0.1, -0.05) is 25.1 Å². The van der Waals surface area contributed by atoms with Gasteiger partial charge in [-0.15, -0.1) is 0 Å². The molecule has 0 aliphatic carbocycles. The molecule has 0 radical (unpaired) electrons. The Morgan fingerprint density at radius 1 is 1.44 bits per heavy atom. The summed E-state index contributed by atoms with van der Waals surface area (Å²) in [5.74, 6) is -1.91. The molecule has 0 aliphatic rings. The van der Waals surface area contributed by atoms with Crippen LogP contribution in [0.1, 0.15) is 24.8 Å². The van der Waals surface area contributed by atoms with Gasteiger partial charge in [0.05, 0.1) is 10.8 Å². The van der Waals surface area contributed by atoms with Crippen molar-refractivity contribution in [3.8, 4) is 0 Å². The number of rotatable bonds is 4. The van der Waals surface area contributed by atoms with Gasteiger partial charge in [0.1, 0.15) is 0 Å². The number of benzene rings is 1. The normalized spacial score (nSPS) is 13.4. The number of primary sulfonamides is 1. The van der Waals surface area contributed by atoms with Crippen LogP contribution in [-0.4, -0.2) is 19.5 Å². The molecule has 0 aromatic heterocycles. The molecule has 3 N–H and O–H groups in total. The second kappa shape index (κ2) is 4.63. The lowest BCUT2D eigenvalue weighted by Gasteiger charge is -2.13. The van der Waals surface area contributed by atoms with Gasteiger partial charge in [0.2, 0.25) is 10.0 Å². The second-order valence-electron chi connectivity index (χ2n) is 3.38. The fraction of sp³-hybridized carbons (Fsp3) is 0.300. The van der Waals surface area contributed by atoms with Crippen LogP contribution in [0.25, 0.3) is 0 Å². The largest absolute Gasteiger partial charge is 0.481 e. The highest BCUT2D eigenvalue weighted by molar-refractivity contribution is 7.89. The first-order valence-corrected chi connectivity index (χ1v) is 6.27. The van der Waals surface area contributed by atoms with Crippen LogP contribution < -0.4 is 5.14 Å². The summed E-state index contributed by atoms with van der Waals surface area (Å²) < 4.78 is 22.6. The summed E-state index contributed by atoms with van der Waals surface area (Å²) in [5, 5.41) is 14.0. The molecule has 1 aromatic carbocycles. The minimum Gasteiger partial charge on any atom is -0.481 e. The Kier molecular flexibility index (Phi) is 3.66. The summed E-state index contributed by atoms with van der Waals surface area (Å²) in [6.07, 6.45) is 0.307. The van der Waals surface area contributed by atoms with E-state index in [2.05, 4.69) is 0 Å². The molecule has 0 heterocycles. The third kappa shape index (κ3) is 2.59. The van der Waals surface area contributed by atoms with E-state index in [4.69, 9.17) is 10.2 Å².